The maximum absolute atomic E-state index is 3.94. The van der Waals surface area contributed by atoms with E-state index in [4.69, 9.17) is 0 Å². The molecule has 52 valence electrons. The third kappa shape index (κ3) is 3.12. The highest BCUT2D eigenvalue weighted by atomic mass is 14.2. The first-order valence-corrected chi connectivity index (χ1v) is 3.27. The number of hydrogen-bond donors (Lipinski definition) is 0. The molecule has 0 saturated carbocycles. The van der Waals surface area contributed by atoms with Crippen LogP contribution < -0.4 is 0 Å². The highest BCUT2D eigenvalue weighted by molar-refractivity contribution is 5.08. The van der Waals surface area contributed by atoms with Crippen molar-refractivity contribution in [2.75, 3.05) is 0 Å². The third-order valence-electron chi connectivity index (χ3n) is 1.45. The van der Waals surface area contributed by atoms with Gasteiger partial charge in [-0.2, -0.15) is 0 Å². The lowest BCUT2D eigenvalue weighted by atomic mass is 9.86. The van der Waals surface area contributed by atoms with Crippen LogP contribution in [0, 0.1) is 5.41 Å². The van der Waals surface area contributed by atoms with Crippen LogP contribution in [0.5, 0.6) is 0 Å². The molecule has 9 heavy (non-hydrogen) atoms. The SMILES string of the molecule is C=CCC(=C)C(C)(C)C. The van der Waals surface area contributed by atoms with Crippen LogP contribution in [0.3, 0.4) is 0 Å². The topological polar surface area (TPSA) is 0 Å². The quantitative estimate of drug-likeness (QED) is 0.496. The smallest absolute Gasteiger partial charge is 0.0139 e. The summed E-state index contributed by atoms with van der Waals surface area (Å²) in [5.74, 6) is 0. The molecule has 0 atom stereocenters. The van der Waals surface area contributed by atoms with Crippen LogP contribution in [0.2, 0.25) is 0 Å². The average Bonchev–Trinajstić information content (AvgIpc) is 1.64. The minimum absolute atomic E-state index is 0.244. The summed E-state index contributed by atoms with van der Waals surface area (Å²) in [6.07, 6.45) is 2.83. The Labute approximate surface area is 58.3 Å². The minimum Gasteiger partial charge on any atom is -0.103 e. The molecule has 0 heterocycles. The molecule has 0 amide bonds. The Bertz CT molecular complexity index is 112. The molecular formula is C9H16. The summed E-state index contributed by atoms with van der Waals surface area (Å²) in [7, 11) is 0. The lowest BCUT2D eigenvalue weighted by Crippen LogP contribution is -2.06. The Kier molecular flexibility index (Phi) is 2.69. The van der Waals surface area contributed by atoms with Gasteiger partial charge in [-0.3, -0.25) is 0 Å². The molecule has 0 N–H and O–H groups in total. The lowest BCUT2D eigenvalue weighted by molar-refractivity contribution is 0.496. The van der Waals surface area contributed by atoms with Gasteiger partial charge in [-0.25, -0.2) is 0 Å². The zero-order valence-electron chi connectivity index (χ0n) is 6.70. The number of allylic oxidation sites excluding steroid dienone is 2. The first kappa shape index (κ1) is 8.48. The first-order valence-electron chi connectivity index (χ1n) is 3.27. The molecule has 0 bridgehead atoms. The summed E-state index contributed by atoms with van der Waals surface area (Å²) in [4.78, 5) is 0. The Hall–Kier alpha value is -0.520. The summed E-state index contributed by atoms with van der Waals surface area (Å²) < 4.78 is 0. The number of hydrogen-bond acceptors (Lipinski definition) is 0. The van der Waals surface area contributed by atoms with Crippen LogP contribution in [-0.2, 0) is 0 Å². The third-order valence-corrected chi connectivity index (χ3v) is 1.45. The summed E-state index contributed by atoms with van der Waals surface area (Å²) in [5.41, 5.74) is 1.49. The standard InChI is InChI=1S/C9H16/c1-6-7-8(2)9(3,4)5/h6H,1-2,7H2,3-5H3. The van der Waals surface area contributed by atoms with E-state index in [-0.39, 0.29) is 5.41 Å². The fraction of sp³-hybridized carbons (Fsp3) is 0.556. The molecule has 0 saturated heterocycles. The Morgan fingerprint density at radius 1 is 1.44 bits per heavy atom. The lowest BCUT2D eigenvalue weighted by Gasteiger charge is -2.20. The van der Waals surface area contributed by atoms with E-state index >= 15 is 0 Å². The van der Waals surface area contributed by atoms with Crippen LogP contribution in [0.1, 0.15) is 27.2 Å². The maximum atomic E-state index is 3.94. The summed E-state index contributed by atoms with van der Waals surface area (Å²) in [5, 5.41) is 0. The second kappa shape index (κ2) is 2.86. The number of rotatable bonds is 2. The second-order valence-corrected chi connectivity index (χ2v) is 3.35. The summed E-state index contributed by atoms with van der Waals surface area (Å²) in [6, 6.07) is 0. The molecule has 0 radical (unpaired) electrons. The van der Waals surface area contributed by atoms with Crippen molar-refractivity contribution >= 4 is 0 Å². The largest absolute Gasteiger partial charge is 0.103 e. The van der Waals surface area contributed by atoms with Gasteiger partial charge in [0.2, 0.25) is 0 Å². The van der Waals surface area contributed by atoms with Crippen molar-refractivity contribution in [1.82, 2.24) is 0 Å². The van der Waals surface area contributed by atoms with Crippen LogP contribution >= 0.6 is 0 Å². The van der Waals surface area contributed by atoms with Gasteiger partial charge < -0.3 is 0 Å². The van der Waals surface area contributed by atoms with Gasteiger partial charge in [-0.1, -0.05) is 39.0 Å². The van der Waals surface area contributed by atoms with Gasteiger partial charge in [0, 0.05) is 0 Å². The maximum Gasteiger partial charge on any atom is -0.0139 e. The van der Waals surface area contributed by atoms with E-state index in [1.54, 1.807) is 0 Å². The van der Waals surface area contributed by atoms with E-state index < -0.39 is 0 Å². The first-order chi connectivity index (χ1) is 3.98. The molecular weight excluding hydrogens is 108 g/mol. The molecule has 0 aromatic carbocycles. The predicted molar refractivity (Wildman–Crippen MR) is 43.4 cm³/mol. The highest BCUT2D eigenvalue weighted by Crippen LogP contribution is 2.25. The average molecular weight is 124 g/mol. The molecule has 0 aliphatic carbocycles. The summed E-state index contributed by atoms with van der Waals surface area (Å²) in [6.45, 7) is 14.1. The normalized spacial score (nSPS) is 11.0. The van der Waals surface area contributed by atoms with Crippen molar-refractivity contribution in [3.8, 4) is 0 Å². The molecule has 0 unspecified atom stereocenters. The van der Waals surface area contributed by atoms with Gasteiger partial charge >= 0.3 is 0 Å². The van der Waals surface area contributed by atoms with E-state index in [2.05, 4.69) is 33.9 Å². The van der Waals surface area contributed by atoms with Gasteiger partial charge in [0.1, 0.15) is 0 Å². The van der Waals surface area contributed by atoms with E-state index in [0.29, 0.717) is 0 Å². The van der Waals surface area contributed by atoms with E-state index in [0.717, 1.165) is 6.42 Å². The molecule has 0 nitrogen and oxygen atoms in total. The molecule has 0 aliphatic heterocycles. The van der Waals surface area contributed by atoms with Crippen molar-refractivity contribution in [1.29, 1.82) is 0 Å². The van der Waals surface area contributed by atoms with Gasteiger partial charge in [-0.15, -0.1) is 6.58 Å². The van der Waals surface area contributed by atoms with Crippen molar-refractivity contribution < 1.29 is 0 Å². The van der Waals surface area contributed by atoms with Crippen LogP contribution in [0.25, 0.3) is 0 Å². The van der Waals surface area contributed by atoms with Gasteiger partial charge in [0.15, 0.2) is 0 Å². The zero-order valence-corrected chi connectivity index (χ0v) is 6.70. The van der Waals surface area contributed by atoms with Crippen LogP contribution in [0.15, 0.2) is 24.8 Å². The molecule has 0 spiro atoms. The molecule has 0 aromatic rings. The van der Waals surface area contributed by atoms with Gasteiger partial charge in [0.05, 0.1) is 0 Å². The van der Waals surface area contributed by atoms with Crippen LogP contribution in [-0.4, -0.2) is 0 Å². The van der Waals surface area contributed by atoms with E-state index in [1.807, 2.05) is 6.08 Å². The van der Waals surface area contributed by atoms with Crippen molar-refractivity contribution in [2.45, 2.75) is 27.2 Å². The van der Waals surface area contributed by atoms with Crippen LogP contribution in [0.4, 0.5) is 0 Å². The van der Waals surface area contributed by atoms with Crippen molar-refractivity contribution in [3.05, 3.63) is 24.8 Å². The molecule has 0 aromatic heterocycles. The highest BCUT2D eigenvalue weighted by Gasteiger charge is 2.12. The second-order valence-electron chi connectivity index (χ2n) is 3.35. The van der Waals surface area contributed by atoms with E-state index in [1.165, 1.54) is 5.57 Å². The van der Waals surface area contributed by atoms with Crippen molar-refractivity contribution in [3.63, 3.8) is 0 Å². The summed E-state index contributed by atoms with van der Waals surface area (Å²) >= 11 is 0. The Balaban J connectivity index is 3.88. The van der Waals surface area contributed by atoms with Gasteiger partial charge in [-0.05, 0) is 11.8 Å². The molecule has 0 fully saturated rings. The molecule has 0 aliphatic rings. The zero-order chi connectivity index (χ0) is 7.49. The van der Waals surface area contributed by atoms with Crippen molar-refractivity contribution in [2.24, 2.45) is 5.41 Å². The van der Waals surface area contributed by atoms with E-state index in [9.17, 15) is 0 Å². The fourth-order valence-electron chi connectivity index (χ4n) is 0.480. The molecule has 0 rings (SSSR count). The minimum atomic E-state index is 0.244. The van der Waals surface area contributed by atoms with Gasteiger partial charge in [0.25, 0.3) is 0 Å². The fourth-order valence-corrected chi connectivity index (χ4v) is 0.480. The Morgan fingerprint density at radius 3 is 2.00 bits per heavy atom. The predicted octanol–water partition coefficient (Wildman–Crippen LogP) is 3.16. The molecule has 0 heteroatoms. The monoisotopic (exact) mass is 124 g/mol. The Morgan fingerprint density at radius 2 is 1.89 bits per heavy atom.